The van der Waals surface area contributed by atoms with Gasteiger partial charge in [-0.25, -0.2) is 0 Å². The largest absolute Gasteiger partial charge is 0.309 e. The highest BCUT2D eigenvalue weighted by Crippen LogP contribution is 2.40. The smallest absolute Gasteiger partial charge is 0.0547 e. The zero-order valence-corrected chi connectivity index (χ0v) is 29.5. The Bertz CT molecular complexity index is 3220. The van der Waals surface area contributed by atoms with E-state index in [0.29, 0.717) is 0 Å². The molecule has 11 aromatic rings. The topological polar surface area (TPSA) is 9.86 Å². The number of nitrogens with zero attached hydrogens (tertiary/aromatic N) is 2. The molecule has 0 atom stereocenters. The maximum Gasteiger partial charge on any atom is 0.0547 e. The van der Waals surface area contributed by atoms with Crippen LogP contribution in [0.3, 0.4) is 0 Å². The van der Waals surface area contributed by atoms with Crippen molar-refractivity contribution in [2.24, 2.45) is 0 Å². The third kappa shape index (κ3) is 4.81. The number of aromatic nitrogens is 2. The van der Waals surface area contributed by atoms with Crippen LogP contribution in [-0.2, 0) is 0 Å². The number of fused-ring (bicyclic) bond motifs is 7. The fourth-order valence-electron chi connectivity index (χ4n) is 8.56. The van der Waals surface area contributed by atoms with E-state index in [4.69, 9.17) is 0 Å². The normalized spacial score (nSPS) is 11.7. The average Bonchev–Trinajstić information content (AvgIpc) is 3.76. The minimum absolute atomic E-state index is 1.15. The van der Waals surface area contributed by atoms with Crippen molar-refractivity contribution in [1.29, 1.82) is 0 Å². The maximum atomic E-state index is 2.43. The Kier molecular flexibility index (Phi) is 6.90. The number of para-hydroxylation sites is 3. The number of benzene rings is 9. The molecule has 0 aliphatic carbocycles. The second-order valence-corrected chi connectivity index (χ2v) is 14.2. The summed E-state index contributed by atoms with van der Waals surface area (Å²) in [5.74, 6) is 0. The molecule has 11 rings (SSSR count). The van der Waals surface area contributed by atoms with Gasteiger partial charge in [0.2, 0.25) is 0 Å². The van der Waals surface area contributed by atoms with Gasteiger partial charge in [0.15, 0.2) is 0 Å². The van der Waals surface area contributed by atoms with Crippen molar-refractivity contribution in [2.45, 2.75) is 0 Å². The van der Waals surface area contributed by atoms with Gasteiger partial charge < -0.3 is 9.13 Å². The second-order valence-electron chi connectivity index (χ2n) is 14.2. The van der Waals surface area contributed by atoms with E-state index < -0.39 is 0 Å². The van der Waals surface area contributed by atoms with Gasteiger partial charge >= 0.3 is 0 Å². The molecule has 2 heterocycles. The Hall–Kier alpha value is -7.16. The first-order chi connectivity index (χ1) is 26.8. The van der Waals surface area contributed by atoms with E-state index in [1.807, 2.05) is 0 Å². The van der Waals surface area contributed by atoms with Crippen molar-refractivity contribution in [3.63, 3.8) is 0 Å². The Morgan fingerprint density at radius 2 is 0.833 bits per heavy atom. The van der Waals surface area contributed by atoms with E-state index in [2.05, 4.69) is 215 Å². The van der Waals surface area contributed by atoms with Crippen LogP contribution in [0, 0.1) is 0 Å². The third-order valence-electron chi connectivity index (χ3n) is 11.1. The lowest BCUT2D eigenvalue weighted by atomic mass is 10.0. The zero-order valence-electron chi connectivity index (χ0n) is 29.5. The van der Waals surface area contributed by atoms with Crippen LogP contribution in [0.5, 0.6) is 0 Å². The summed E-state index contributed by atoms with van der Waals surface area (Å²) in [5.41, 5.74) is 14.4. The molecule has 0 unspecified atom stereocenters. The van der Waals surface area contributed by atoms with Crippen LogP contribution in [0.15, 0.2) is 206 Å². The lowest BCUT2D eigenvalue weighted by Crippen LogP contribution is -1.97. The molecule has 0 bridgehead atoms. The van der Waals surface area contributed by atoms with Crippen molar-refractivity contribution in [3.8, 4) is 44.8 Å². The Morgan fingerprint density at radius 1 is 0.259 bits per heavy atom. The van der Waals surface area contributed by atoms with Gasteiger partial charge in [-0.1, -0.05) is 152 Å². The predicted molar refractivity (Wildman–Crippen MR) is 229 cm³/mol. The molecule has 0 radical (unpaired) electrons. The summed E-state index contributed by atoms with van der Waals surface area (Å²) in [6.45, 7) is 0. The van der Waals surface area contributed by atoms with Crippen LogP contribution < -0.4 is 0 Å². The van der Waals surface area contributed by atoms with Crippen LogP contribution in [0.2, 0.25) is 0 Å². The van der Waals surface area contributed by atoms with Gasteiger partial charge in [0.25, 0.3) is 0 Å². The molecule has 0 saturated heterocycles. The molecule has 252 valence electrons. The molecule has 0 aliphatic rings. The predicted octanol–water partition coefficient (Wildman–Crippen LogP) is 14.0. The summed E-state index contributed by atoms with van der Waals surface area (Å²) in [4.78, 5) is 0. The highest BCUT2D eigenvalue weighted by Gasteiger charge is 2.18. The SMILES string of the molecule is c1ccc(-c2ccccc2-n2c3ccccc3c3cc(-c4ccc5c6ccccc6n(-c6cccc(-c7ccc8ccccc8c7)c6)c5c4)ccc32)cc1. The molecule has 0 aliphatic heterocycles. The molecule has 0 amide bonds. The van der Waals surface area contributed by atoms with Crippen LogP contribution in [-0.4, -0.2) is 9.13 Å². The van der Waals surface area contributed by atoms with Gasteiger partial charge in [-0.3, -0.25) is 0 Å². The van der Waals surface area contributed by atoms with E-state index >= 15 is 0 Å². The lowest BCUT2D eigenvalue weighted by Gasteiger charge is -2.14. The molecular formula is C52H34N2. The molecule has 0 spiro atoms. The number of rotatable bonds is 5. The minimum atomic E-state index is 1.15. The van der Waals surface area contributed by atoms with E-state index in [1.54, 1.807) is 0 Å². The quantitative estimate of drug-likeness (QED) is 0.171. The van der Waals surface area contributed by atoms with Crippen molar-refractivity contribution < 1.29 is 0 Å². The zero-order chi connectivity index (χ0) is 35.6. The van der Waals surface area contributed by atoms with Gasteiger partial charge in [-0.15, -0.1) is 0 Å². The van der Waals surface area contributed by atoms with Crippen molar-refractivity contribution >= 4 is 54.4 Å². The Balaban J connectivity index is 1.08. The first kappa shape index (κ1) is 30.5. The summed E-state index contributed by atoms with van der Waals surface area (Å²) < 4.78 is 4.87. The average molecular weight is 687 g/mol. The van der Waals surface area contributed by atoms with Crippen LogP contribution in [0.25, 0.3) is 99.1 Å². The minimum Gasteiger partial charge on any atom is -0.309 e. The van der Waals surface area contributed by atoms with Crippen LogP contribution >= 0.6 is 0 Å². The molecule has 2 heteroatoms. The lowest BCUT2D eigenvalue weighted by molar-refractivity contribution is 1.18. The van der Waals surface area contributed by atoms with Gasteiger partial charge in [0.1, 0.15) is 0 Å². The summed E-state index contributed by atoms with van der Waals surface area (Å²) in [6.07, 6.45) is 0. The Labute approximate surface area is 313 Å². The molecule has 0 N–H and O–H groups in total. The van der Waals surface area contributed by atoms with Gasteiger partial charge in [0.05, 0.1) is 27.8 Å². The van der Waals surface area contributed by atoms with E-state index in [1.165, 1.54) is 93.5 Å². The highest BCUT2D eigenvalue weighted by atomic mass is 15.0. The summed E-state index contributed by atoms with van der Waals surface area (Å²) in [7, 11) is 0. The van der Waals surface area contributed by atoms with Crippen molar-refractivity contribution in [3.05, 3.63) is 206 Å². The van der Waals surface area contributed by atoms with E-state index in [-0.39, 0.29) is 0 Å². The van der Waals surface area contributed by atoms with Crippen molar-refractivity contribution in [2.75, 3.05) is 0 Å². The fraction of sp³-hybridized carbons (Fsp3) is 0. The molecule has 0 saturated carbocycles. The fourth-order valence-corrected chi connectivity index (χ4v) is 8.56. The van der Waals surface area contributed by atoms with Crippen LogP contribution in [0.1, 0.15) is 0 Å². The molecule has 2 aromatic heterocycles. The van der Waals surface area contributed by atoms with E-state index in [9.17, 15) is 0 Å². The molecule has 2 nitrogen and oxygen atoms in total. The third-order valence-corrected chi connectivity index (χ3v) is 11.1. The molecular weight excluding hydrogens is 653 g/mol. The maximum absolute atomic E-state index is 2.43. The van der Waals surface area contributed by atoms with Gasteiger partial charge in [0, 0.05) is 32.8 Å². The summed E-state index contributed by atoms with van der Waals surface area (Å²) in [5, 5.41) is 7.51. The van der Waals surface area contributed by atoms with Gasteiger partial charge in [-0.2, -0.15) is 0 Å². The van der Waals surface area contributed by atoms with Gasteiger partial charge in [-0.05, 0) is 93.2 Å². The number of hydrogen-bond acceptors (Lipinski definition) is 0. The molecule has 9 aromatic carbocycles. The first-order valence-electron chi connectivity index (χ1n) is 18.6. The first-order valence-corrected chi connectivity index (χ1v) is 18.6. The van der Waals surface area contributed by atoms with Crippen molar-refractivity contribution in [1.82, 2.24) is 9.13 Å². The highest BCUT2D eigenvalue weighted by molar-refractivity contribution is 6.13. The summed E-state index contributed by atoms with van der Waals surface area (Å²) in [6, 6.07) is 75.2. The second kappa shape index (κ2) is 12.2. The standard InChI is InChI=1S/C52H34N2/c1-2-14-36(15-3-1)43-19-6-9-22-48(43)54-50-24-11-8-21-45(50)47-33-40(28-30-51(47)54)41-27-29-46-44-20-7-10-23-49(44)53(52(46)34-41)42-18-12-17-38(32-42)39-26-25-35-13-4-5-16-37(35)31-39/h1-34H. The molecule has 54 heavy (non-hydrogen) atoms. The monoisotopic (exact) mass is 686 g/mol. The molecule has 0 fully saturated rings. The summed E-state index contributed by atoms with van der Waals surface area (Å²) >= 11 is 0. The Morgan fingerprint density at radius 3 is 1.70 bits per heavy atom. The number of hydrogen-bond donors (Lipinski definition) is 0. The van der Waals surface area contributed by atoms with Crippen LogP contribution in [0.4, 0.5) is 0 Å². The van der Waals surface area contributed by atoms with E-state index in [0.717, 1.165) is 5.69 Å².